The van der Waals surface area contributed by atoms with Crippen LogP contribution in [-0.4, -0.2) is 55.2 Å². The lowest BCUT2D eigenvalue weighted by molar-refractivity contribution is -0.110. The Bertz CT molecular complexity index is 1180. The average Bonchev–Trinajstić information content (AvgIpc) is 3.47. The molecule has 1 aromatic carbocycles. The van der Waals surface area contributed by atoms with Crippen molar-refractivity contribution in [1.29, 1.82) is 0 Å². The van der Waals surface area contributed by atoms with Crippen molar-refractivity contribution in [3.05, 3.63) is 36.7 Å². The number of aliphatic hydroxyl groups excluding tert-OH is 1. The normalized spacial score (nSPS) is 27.6. The molecule has 0 spiro atoms. The number of halogens is 1. The Balaban J connectivity index is 1.33. The molecule has 174 valence electrons. The summed E-state index contributed by atoms with van der Waals surface area (Å²) in [7, 11) is -2.57. The van der Waals surface area contributed by atoms with Gasteiger partial charge in [0.2, 0.25) is 5.95 Å². The summed E-state index contributed by atoms with van der Waals surface area (Å²) in [6, 6.07) is 8.77. The molecule has 0 amide bonds. The van der Waals surface area contributed by atoms with Gasteiger partial charge in [0, 0.05) is 10.6 Å². The maximum Gasteiger partial charge on any atom is 0.750 e. The number of nitrogens with one attached hydrogen (secondary N) is 1. The van der Waals surface area contributed by atoms with Crippen LogP contribution in [0.4, 0.5) is 16.2 Å². The van der Waals surface area contributed by atoms with Crippen molar-refractivity contribution in [2.24, 2.45) is 0 Å². The number of nitrogens with zero attached hydrogens (tertiary/aromatic N) is 4. The summed E-state index contributed by atoms with van der Waals surface area (Å²) < 4.78 is 45.0. The Morgan fingerprint density at radius 3 is 2.85 bits per heavy atom. The number of rotatable bonds is 8. The van der Waals surface area contributed by atoms with Gasteiger partial charge in [0.25, 0.3) is 0 Å². The molecule has 0 bridgehead atoms. The second kappa shape index (κ2) is 8.45. The molecular formula is C20H23FN6O5P+. The first kappa shape index (κ1) is 21.9. The van der Waals surface area contributed by atoms with E-state index in [1.807, 2.05) is 0 Å². The first-order valence-corrected chi connectivity index (χ1v) is 11.5. The molecule has 1 aliphatic heterocycles. The maximum atomic E-state index is 15.2. The average molecular weight is 477 g/mol. The van der Waals surface area contributed by atoms with E-state index < -0.39 is 32.4 Å². The van der Waals surface area contributed by atoms with E-state index in [-0.39, 0.29) is 18.2 Å². The van der Waals surface area contributed by atoms with Gasteiger partial charge in [0.15, 0.2) is 35.1 Å². The summed E-state index contributed by atoms with van der Waals surface area (Å²) >= 11 is 0. The van der Waals surface area contributed by atoms with Crippen molar-refractivity contribution in [2.45, 2.75) is 49.9 Å². The smallest absolute Gasteiger partial charge is 0.387 e. The number of nitrogen functional groups attached to an aromatic ring is 1. The fourth-order valence-corrected chi connectivity index (χ4v) is 4.36. The molecule has 4 N–H and O–H groups in total. The molecule has 2 fully saturated rings. The SMILES string of the molecule is C[C@]1(CO[P+](=O)Oc2ccccc2)O[C@@H](n2cnc3c(NC4CC4)nc(N)nc32)[C@H](F)[C@@H]1O. The predicted octanol–water partition coefficient (Wildman–Crippen LogP) is 2.72. The van der Waals surface area contributed by atoms with E-state index >= 15 is 4.39 Å². The predicted molar refractivity (Wildman–Crippen MR) is 116 cm³/mol. The third-order valence-electron chi connectivity index (χ3n) is 5.60. The first-order valence-electron chi connectivity index (χ1n) is 10.4. The second-order valence-corrected chi connectivity index (χ2v) is 9.17. The quantitative estimate of drug-likeness (QED) is 0.414. The second-order valence-electron chi connectivity index (χ2n) is 8.28. The molecular weight excluding hydrogens is 454 g/mol. The fraction of sp³-hybridized carbons (Fsp3) is 0.450. The number of anilines is 2. The number of aromatic nitrogens is 4. The van der Waals surface area contributed by atoms with Crippen molar-refractivity contribution >= 4 is 31.2 Å². The number of hydrogen-bond donors (Lipinski definition) is 3. The molecule has 5 rings (SSSR count). The van der Waals surface area contributed by atoms with E-state index in [1.54, 1.807) is 30.3 Å². The molecule has 13 heteroatoms. The number of hydrogen-bond acceptors (Lipinski definition) is 10. The highest BCUT2D eigenvalue weighted by atomic mass is 31.1. The molecule has 1 saturated heterocycles. The number of nitrogens with two attached hydrogens (primary N) is 1. The van der Waals surface area contributed by atoms with Crippen molar-refractivity contribution in [1.82, 2.24) is 19.5 Å². The van der Waals surface area contributed by atoms with Gasteiger partial charge < -0.3 is 20.9 Å². The molecule has 3 heterocycles. The van der Waals surface area contributed by atoms with Crippen LogP contribution in [0.3, 0.4) is 0 Å². The minimum Gasteiger partial charge on any atom is -0.387 e. The van der Waals surface area contributed by atoms with E-state index in [0.29, 0.717) is 23.1 Å². The van der Waals surface area contributed by atoms with Gasteiger partial charge in [-0.2, -0.15) is 9.97 Å². The zero-order chi connectivity index (χ0) is 23.2. The first-order chi connectivity index (χ1) is 15.8. The van der Waals surface area contributed by atoms with E-state index in [0.717, 1.165) is 12.8 Å². The molecule has 0 radical (unpaired) electrons. The summed E-state index contributed by atoms with van der Waals surface area (Å²) in [5.74, 6) is 0.826. The van der Waals surface area contributed by atoms with Crippen molar-refractivity contribution in [2.75, 3.05) is 17.7 Å². The highest BCUT2D eigenvalue weighted by Gasteiger charge is 2.55. The summed E-state index contributed by atoms with van der Waals surface area (Å²) in [6.07, 6.45) is -1.25. The minimum absolute atomic E-state index is 0.00232. The maximum absolute atomic E-state index is 15.2. The largest absolute Gasteiger partial charge is 0.750 e. The monoisotopic (exact) mass is 477 g/mol. The van der Waals surface area contributed by atoms with Crippen LogP contribution in [0.25, 0.3) is 11.2 Å². The summed E-state index contributed by atoms with van der Waals surface area (Å²) in [4.78, 5) is 12.7. The lowest BCUT2D eigenvalue weighted by atomic mass is 9.99. The number of imidazole rings is 1. The van der Waals surface area contributed by atoms with E-state index in [9.17, 15) is 9.67 Å². The van der Waals surface area contributed by atoms with Gasteiger partial charge >= 0.3 is 8.25 Å². The van der Waals surface area contributed by atoms with Crippen LogP contribution in [-0.2, 0) is 13.8 Å². The van der Waals surface area contributed by atoms with Crippen LogP contribution in [0.5, 0.6) is 5.75 Å². The Labute approximate surface area is 189 Å². The summed E-state index contributed by atoms with van der Waals surface area (Å²) in [5, 5.41) is 13.8. The summed E-state index contributed by atoms with van der Waals surface area (Å²) in [6.45, 7) is 1.10. The van der Waals surface area contributed by atoms with Crippen LogP contribution in [0.2, 0.25) is 0 Å². The molecule has 33 heavy (non-hydrogen) atoms. The summed E-state index contributed by atoms with van der Waals surface area (Å²) in [5.41, 5.74) is 5.05. The van der Waals surface area contributed by atoms with E-state index in [2.05, 4.69) is 20.3 Å². The van der Waals surface area contributed by atoms with Crippen molar-refractivity contribution < 1.29 is 27.8 Å². The zero-order valence-corrected chi connectivity index (χ0v) is 18.6. The Hall–Kier alpha value is -2.92. The third-order valence-corrected chi connectivity index (χ3v) is 6.30. The van der Waals surface area contributed by atoms with Crippen LogP contribution in [0.1, 0.15) is 26.0 Å². The molecule has 3 aromatic rings. The number of alkyl halides is 1. The van der Waals surface area contributed by atoms with Gasteiger partial charge in [0.05, 0.1) is 6.33 Å². The van der Waals surface area contributed by atoms with Gasteiger partial charge in [-0.05, 0) is 31.9 Å². The molecule has 1 aliphatic carbocycles. The van der Waals surface area contributed by atoms with Crippen molar-refractivity contribution in [3.8, 4) is 5.75 Å². The number of fused-ring (bicyclic) bond motifs is 1. The van der Waals surface area contributed by atoms with Crippen LogP contribution >= 0.6 is 8.25 Å². The van der Waals surface area contributed by atoms with Crippen molar-refractivity contribution in [3.63, 3.8) is 0 Å². The number of aliphatic hydroxyl groups is 1. The topological polar surface area (TPSA) is 147 Å². The Kier molecular flexibility index (Phi) is 5.61. The molecule has 1 unspecified atom stereocenters. The van der Waals surface area contributed by atoms with Crippen LogP contribution < -0.4 is 15.6 Å². The molecule has 11 nitrogen and oxygen atoms in total. The highest BCUT2D eigenvalue weighted by molar-refractivity contribution is 7.33. The zero-order valence-electron chi connectivity index (χ0n) is 17.7. The standard InChI is InChI=1S/C20H23FN6O5P/c1-20(9-30-33(29)32-12-5-3-2-4-6-12)15(28)13(21)18(31-20)27-10-23-14-16(24-11-7-8-11)25-19(22)26-17(14)27/h2-6,10-11,13,15,18,28H,7-9H2,1H3,(H3,22,24,25,26)/q+1/t13-,15+,18-,20-/m1/s1. The van der Waals surface area contributed by atoms with Crippen LogP contribution in [0, 0.1) is 0 Å². The van der Waals surface area contributed by atoms with Gasteiger partial charge in [-0.25, -0.2) is 13.9 Å². The number of para-hydroxylation sites is 1. The Morgan fingerprint density at radius 2 is 2.12 bits per heavy atom. The highest BCUT2D eigenvalue weighted by Crippen LogP contribution is 2.42. The van der Waals surface area contributed by atoms with E-state index in [1.165, 1.54) is 17.8 Å². The molecule has 5 atom stereocenters. The molecule has 2 aromatic heterocycles. The van der Waals surface area contributed by atoms with Gasteiger partial charge in [0.1, 0.15) is 18.3 Å². The molecule has 1 saturated carbocycles. The van der Waals surface area contributed by atoms with E-state index in [4.69, 9.17) is 19.5 Å². The molecule has 2 aliphatic rings. The third kappa shape index (κ3) is 4.34. The number of ether oxygens (including phenoxy) is 1. The van der Waals surface area contributed by atoms with Gasteiger partial charge in [-0.1, -0.05) is 18.2 Å². The lowest BCUT2D eigenvalue weighted by Crippen LogP contribution is -2.42. The number of benzene rings is 1. The van der Waals surface area contributed by atoms with Gasteiger partial charge in [-0.15, -0.1) is 4.52 Å². The Morgan fingerprint density at radius 1 is 1.36 bits per heavy atom. The minimum atomic E-state index is -2.57. The lowest BCUT2D eigenvalue weighted by Gasteiger charge is -2.24. The van der Waals surface area contributed by atoms with Gasteiger partial charge in [-0.3, -0.25) is 4.57 Å². The fourth-order valence-electron chi connectivity index (χ4n) is 3.65. The van der Waals surface area contributed by atoms with Crippen LogP contribution in [0.15, 0.2) is 36.7 Å².